The molecule has 1 fully saturated rings. The van der Waals surface area contributed by atoms with Crippen molar-refractivity contribution in [2.24, 2.45) is 5.41 Å². The van der Waals surface area contributed by atoms with Gasteiger partial charge in [0.1, 0.15) is 6.04 Å². The summed E-state index contributed by atoms with van der Waals surface area (Å²) < 4.78 is 26.9. The summed E-state index contributed by atoms with van der Waals surface area (Å²) in [6.07, 6.45) is 0. The number of aliphatic carboxylic acids is 1. The number of likely N-dealkylation sites (tertiary alicyclic amines) is 1. The van der Waals surface area contributed by atoms with E-state index in [4.69, 9.17) is 13.0 Å². The number of carbonyl (C=O) groups is 2. The smallest absolute Gasteiger partial charge is 0.327 e. The predicted octanol–water partition coefficient (Wildman–Crippen LogP) is 0.705. The first-order valence-corrected chi connectivity index (χ1v) is 4.28. The number of carbonyl (C=O) groups excluding carboxylic acids is 1. The van der Waals surface area contributed by atoms with Crippen molar-refractivity contribution >= 4 is 19.6 Å². The van der Waals surface area contributed by atoms with E-state index in [1.807, 2.05) is 0 Å². The SMILES string of the molecule is [B]C(=O)N1CC(F)(F)C(C)(C)[C@@H]1C(=O)O. The van der Waals surface area contributed by atoms with Gasteiger partial charge in [-0.05, 0) is 0 Å². The maximum absolute atomic E-state index is 13.4. The van der Waals surface area contributed by atoms with Gasteiger partial charge in [-0.25, -0.2) is 13.6 Å². The van der Waals surface area contributed by atoms with Crippen molar-refractivity contribution in [1.29, 1.82) is 0 Å². The third kappa shape index (κ3) is 1.59. The number of rotatable bonds is 1. The minimum Gasteiger partial charge on any atom is -0.480 e. The van der Waals surface area contributed by atoms with E-state index in [9.17, 15) is 18.4 Å². The molecule has 0 spiro atoms. The molecular formula is C8H10BF2NO3. The van der Waals surface area contributed by atoms with Crippen molar-refractivity contribution in [1.82, 2.24) is 4.90 Å². The molecule has 1 aliphatic rings. The standard InChI is InChI=1S/C8H10BF2NO3/c1-7(2)4(5(13)14)12(6(9)15)3-8(7,10)11/h4H,3H2,1-2H3,(H,13,14)/t4-/m0/s1. The number of halogens is 2. The van der Waals surface area contributed by atoms with Crippen LogP contribution in [0.15, 0.2) is 0 Å². The molecule has 0 saturated carbocycles. The van der Waals surface area contributed by atoms with Crippen molar-refractivity contribution < 1.29 is 23.5 Å². The summed E-state index contributed by atoms with van der Waals surface area (Å²) in [6.45, 7) is 1.26. The van der Waals surface area contributed by atoms with Crippen LogP contribution in [-0.2, 0) is 4.79 Å². The Bertz CT molecular complexity index is 319. The second-order valence-corrected chi connectivity index (χ2v) is 4.13. The fourth-order valence-electron chi connectivity index (χ4n) is 1.75. The first-order valence-electron chi connectivity index (χ1n) is 4.28. The number of nitrogens with zero attached hydrogens (tertiary/aromatic N) is 1. The molecule has 15 heavy (non-hydrogen) atoms. The molecule has 0 aromatic carbocycles. The lowest BCUT2D eigenvalue weighted by atomic mass is 9.81. The van der Waals surface area contributed by atoms with Gasteiger partial charge >= 0.3 is 5.97 Å². The molecule has 1 N–H and O–H groups in total. The zero-order valence-electron chi connectivity index (χ0n) is 8.33. The Morgan fingerprint density at radius 1 is 1.47 bits per heavy atom. The average Bonchev–Trinajstić information content (AvgIpc) is 2.18. The van der Waals surface area contributed by atoms with Crippen molar-refractivity contribution in [3.8, 4) is 0 Å². The second-order valence-electron chi connectivity index (χ2n) is 4.13. The van der Waals surface area contributed by atoms with Crippen LogP contribution in [0.3, 0.4) is 0 Å². The molecule has 1 atom stereocenters. The number of hydrogen-bond donors (Lipinski definition) is 1. The summed E-state index contributed by atoms with van der Waals surface area (Å²) in [5.74, 6) is -5.88. The topological polar surface area (TPSA) is 57.6 Å². The van der Waals surface area contributed by atoms with Crippen LogP contribution >= 0.6 is 0 Å². The van der Waals surface area contributed by atoms with E-state index in [1.165, 1.54) is 0 Å². The molecule has 1 aliphatic heterocycles. The summed E-state index contributed by atoms with van der Waals surface area (Å²) in [5.41, 5.74) is -1.83. The zero-order valence-corrected chi connectivity index (χ0v) is 8.33. The lowest BCUT2D eigenvalue weighted by Gasteiger charge is -2.30. The molecule has 2 radical (unpaired) electrons. The Balaban J connectivity index is 3.18. The van der Waals surface area contributed by atoms with Crippen LogP contribution in [-0.4, -0.2) is 48.1 Å². The normalized spacial score (nSPS) is 27.7. The largest absolute Gasteiger partial charge is 0.480 e. The Morgan fingerprint density at radius 3 is 2.20 bits per heavy atom. The van der Waals surface area contributed by atoms with Gasteiger partial charge in [0, 0.05) is 0 Å². The molecule has 7 heteroatoms. The highest BCUT2D eigenvalue weighted by molar-refractivity contribution is 6.57. The van der Waals surface area contributed by atoms with Crippen LogP contribution in [0.5, 0.6) is 0 Å². The van der Waals surface area contributed by atoms with Crippen molar-refractivity contribution in [3.05, 3.63) is 0 Å². The van der Waals surface area contributed by atoms with Crippen LogP contribution in [0.4, 0.5) is 13.6 Å². The maximum atomic E-state index is 13.4. The van der Waals surface area contributed by atoms with Gasteiger partial charge in [-0.2, -0.15) is 0 Å². The summed E-state index contributed by atoms with van der Waals surface area (Å²) >= 11 is 0. The Morgan fingerprint density at radius 2 is 1.93 bits per heavy atom. The van der Waals surface area contributed by atoms with Crippen LogP contribution in [0.25, 0.3) is 0 Å². The highest BCUT2D eigenvalue weighted by atomic mass is 19.3. The van der Waals surface area contributed by atoms with E-state index in [0.717, 1.165) is 13.8 Å². The lowest BCUT2D eigenvalue weighted by Crippen LogP contribution is -2.47. The summed E-state index contributed by atoms with van der Waals surface area (Å²) in [5, 5.41) is 8.82. The van der Waals surface area contributed by atoms with Gasteiger partial charge in [0.15, 0.2) is 5.81 Å². The van der Waals surface area contributed by atoms with Gasteiger partial charge in [-0.1, -0.05) is 13.8 Å². The fraction of sp³-hybridized carbons (Fsp3) is 0.750. The summed E-state index contributed by atoms with van der Waals surface area (Å²) in [4.78, 5) is 22.2. The highest BCUT2D eigenvalue weighted by Gasteiger charge is 2.63. The van der Waals surface area contributed by atoms with Crippen LogP contribution < -0.4 is 0 Å². The molecule has 0 aromatic rings. The highest BCUT2D eigenvalue weighted by Crippen LogP contribution is 2.47. The van der Waals surface area contributed by atoms with Gasteiger partial charge in [0.05, 0.1) is 12.0 Å². The quantitative estimate of drug-likeness (QED) is 0.657. The minimum atomic E-state index is -3.26. The number of alkyl halides is 2. The third-order valence-corrected chi connectivity index (χ3v) is 2.82. The monoisotopic (exact) mass is 217 g/mol. The molecule has 82 valence electrons. The molecule has 0 unspecified atom stereocenters. The van der Waals surface area contributed by atoms with E-state index >= 15 is 0 Å². The van der Waals surface area contributed by atoms with Crippen molar-refractivity contribution in [2.75, 3.05) is 6.54 Å². The lowest BCUT2D eigenvalue weighted by molar-refractivity contribution is -0.148. The van der Waals surface area contributed by atoms with E-state index in [2.05, 4.69) is 0 Å². The van der Waals surface area contributed by atoms with Crippen LogP contribution in [0.1, 0.15) is 13.8 Å². The number of carboxylic acids is 1. The van der Waals surface area contributed by atoms with Crippen LogP contribution in [0.2, 0.25) is 0 Å². The third-order valence-electron chi connectivity index (χ3n) is 2.82. The first-order chi connectivity index (χ1) is 6.61. The molecule has 4 nitrogen and oxygen atoms in total. The van der Waals surface area contributed by atoms with E-state index in [1.54, 1.807) is 0 Å². The molecule has 0 aliphatic carbocycles. The van der Waals surface area contributed by atoms with E-state index in [-0.39, 0.29) is 0 Å². The molecule has 0 bridgehead atoms. The van der Waals surface area contributed by atoms with Gasteiger partial charge in [-0.3, -0.25) is 4.79 Å². The van der Waals surface area contributed by atoms with Gasteiger partial charge in [0.25, 0.3) is 5.92 Å². The van der Waals surface area contributed by atoms with Gasteiger partial charge in [-0.15, -0.1) is 0 Å². The van der Waals surface area contributed by atoms with Crippen molar-refractivity contribution in [2.45, 2.75) is 25.8 Å². The fourth-order valence-corrected chi connectivity index (χ4v) is 1.75. The second kappa shape index (κ2) is 3.18. The number of carboxylic acid groups (broad SMARTS) is 1. The minimum absolute atomic E-state index is 0.488. The summed E-state index contributed by atoms with van der Waals surface area (Å²) in [7, 11) is 4.86. The van der Waals surface area contributed by atoms with Crippen molar-refractivity contribution in [3.63, 3.8) is 0 Å². The van der Waals surface area contributed by atoms with E-state index in [0.29, 0.717) is 4.90 Å². The molecule has 1 amide bonds. The Labute approximate surface area is 86.6 Å². The van der Waals surface area contributed by atoms with Gasteiger partial charge in [0.2, 0.25) is 7.85 Å². The molecule has 1 heterocycles. The average molecular weight is 217 g/mol. The zero-order chi connectivity index (χ0) is 12.0. The molecule has 0 aromatic heterocycles. The maximum Gasteiger partial charge on any atom is 0.327 e. The predicted molar refractivity (Wildman–Crippen MR) is 48.0 cm³/mol. The Hall–Kier alpha value is -1.14. The summed E-state index contributed by atoms with van der Waals surface area (Å²) in [6, 6.07) is -1.59. The van der Waals surface area contributed by atoms with Gasteiger partial charge < -0.3 is 10.0 Å². The molecule has 1 saturated heterocycles. The van der Waals surface area contributed by atoms with Crippen LogP contribution in [0, 0.1) is 5.41 Å². The number of amides is 1. The molecular weight excluding hydrogens is 207 g/mol. The number of hydrogen-bond acceptors (Lipinski definition) is 2. The first kappa shape index (κ1) is 11.9. The van der Waals surface area contributed by atoms with E-state index < -0.39 is 35.7 Å². The molecule has 1 rings (SSSR count). The Kier molecular flexibility index (Phi) is 2.53.